The Morgan fingerprint density at radius 2 is 2.06 bits per heavy atom. The van der Waals surface area contributed by atoms with E-state index in [1.807, 2.05) is 31.2 Å². The molecule has 2 rings (SSSR count). The largest absolute Gasteiger partial charge is 0.473 e. The third kappa shape index (κ3) is 3.43. The van der Waals surface area contributed by atoms with Crippen LogP contribution in [0.4, 0.5) is 0 Å². The zero-order valence-electron chi connectivity index (χ0n) is 9.86. The van der Waals surface area contributed by atoms with Crippen molar-refractivity contribution in [3.8, 4) is 5.88 Å². The third-order valence-corrected chi connectivity index (χ3v) is 3.33. The van der Waals surface area contributed by atoms with E-state index in [-0.39, 0.29) is 0 Å². The highest BCUT2D eigenvalue weighted by Gasteiger charge is 2.04. The van der Waals surface area contributed by atoms with Gasteiger partial charge in [0.05, 0.1) is 0 Å². The van der Waals surface area contributed by atoms with Crippen LogP contribution >= 0.6 is 27.5 Å². The van der Waals surface area contributed by atoms with Crippen LogP contribution in [0.1, 0.15) is 18.3 Å². The normalized spacial score (nSPS) is 10.4. The maximum Gasteiger partial charge on any atom is 0.218 e. The molecular formula is C13H12BrClN2O. The van der Waals surface area contributed by atoms with Gasteiger partial charge in [-0.15, -0.1) is 0 Å². The van der Waals surface area contributed by atoms with Gasteiger partial charge in [-0.1, -0.05) is 52.7 Å². The zero-order chi connectivity index (χ0) is 13.0. The number of nitrogens with zero attached hydrogens (tertiary/aromatic N) is 2. The highest BCUT2D eigenvalue weighted by atomic mass is 79.9. The van der Waals surface area contributed by atoms with Crippen LogP contribution in [0.3, 0.4) is 0 Å². The lowest BCUT2D eigenvalue weighted by molar-refractivity contribution is 0.291. The Balaban J connectivity index is 2.11. The van der Waals surface area contributed by atoms with Crippen LogP contribution in [-0.2, 0) is 13.0 Å². The van der Waals surface area contributed by atoms with Crippen LogP contribution < -0.4 is 4.74 Å². The standard InChI is InChI=1S/C13H12BrClN2O/c1-2-12-16-11(15)7-13(17-12)18-8-9-5-3-4-6-10(9)14/h3-7H,2,8H2,1H3. The van der Waals surface area contributed by atoms with Gasteiger partial charge < -0.3 is 4.74 Å². The first kappa shape index (κ1) is 13.3. The van der Waals surface area contributed by atoms with Gasteiger partial charge in [0.2, 0.25) is 5.88 Å². The molecule has 3 nitrogen and oxygen atoms in total. The number of halogens is 2. The minimum atomic E-state index is 0.406. The molecule has 0 saturated heterocycles. The maximum absolute atomic E-state index is 5.90. The first-order valence-corrected chi connectivity index (χ1v) is 6.76. The van der Waals surface area contributed by atoms with Crippen molar-refractivity contribution in [2.75, 3.05) is 0 Å². The summed E-state index contributed by atoms with van der Waals surface area (Å²) in [5.74, 6) is 1.19. The summed E-state index contributed by atoms with van der Waals surface area (Å²) in [6.45, 7) is 2.42. The summed E-state index contributed by atoms with van der Waals surface area (Å²) in [6.07, 6.45) is 0.728. The maximum atomic E-state index is 5.90. The molecule has 0 fully saturated rings. The number of hydrogen-bond donors (Lipinski definition) is 0. The number of aromatic nitrogens is 2. The lowest BCUT2D eigenvalue weighted by atomic mass is 10.2. The number of hydrogen-bond acceptors (Lipinski definition) is 3. The monoisotopic (exact) mass is 326 g/mol. The molecule has 0 aliphatic rings. The summed E-state index contributed by atoms with van der Waals surface area (Å²) in [5, 5.41) is 0.406. The van der Waals surface area contributed by atoms with Gasteiger partial charge in [0.15, 0.2) is 0 Å². The van der Waals surface area contributed by atoms with Crippen molar-refractivity contribution in [1.29, 1.82) is 0 Å². The average Bonchev–Trinajstić information content (AvgIpc) is 2.37. The summed E-state index contributed by atoms with van der Waals surface area (Å²) < 4.78 is 6.65. The van der Waals surface area contributed by atoms with E-state index in [1.54, 1.807) is 6.07 Å². The van der Waals surface area contributed by atoms with Crippen molar-refractivity contribution in [2.24, 2.45) is 0 Å². The van der Waals surface area contributed by atoms with Gasteiger partial charge in [-0.2, -0.15) is 4.98 Å². The lowest BCUT2D eigenvalue weighted by Crippen LogP contribution is -2.01. The topological polar surface area (TPSA) is 35.0 Å². The smallest absolute Gasteiger partial charge is 0.218 e. The molecule has 94 valence electrons. The molecule has 2 aromatic rings. The fraction of sp³-hybridized carbons (Fsp3) is 0.231. The molecule has 0 saturated carbocycles. The summed E-state index contributed by atoms with van der Waals surface area (Å²) in [6, 6.07) is 9.52. The van der Waals surface area contributed by atoms with Crippen LogP contribution in [0, 0.1) is 0 Å². The van der Waals surface area contributed by atoms with E-state index in [4.69, 9.17) is 16.3 Å². The molecular weight excluding hydrogens is 316 g/mol. The fourth-order valence-electron chi connectivity index (χ4n) is 1.44. The minimum absolute atomic E-state index is 0.406. The van der Waals surface area contributed by atoms with Gasteiger partial charge in [-0.05, 0) is 6.07 Å². The molecule has 0 unspecified atom stereocenters. The van der Waals surface area contributed by atoms with E-state index in [0.29, 0.717) is 23.5 Å². The second-order valence-corrected chi connectivity index (χ2v) is 4.92. The molecule has 1 aromatic heterocycles. The summed E-state index contributed by atoms with van der Waals surface area (Å²) in [5.41, 5.74) is 1.06. The van der Waals surface area contributed by atoms with Gasteiger partial charge in [-0.3, -0.25) is 0 Å². The predicted molar refractivity (Wildman–Crippen MR) is 74.9 cm³/mol. The lowest BCUT2D eigenvalue weighted by Gasteiger charge is -2.08. The molecule has 0 N–H and O–H groups in total. The molecule has 0 aliphatic carbocycles. The molecule has 0 aliphatic heterocycles. The number of rotatable bonds is 4. The van der Waals surface area contributed by atoms with Crippen molar-refractivity contribution in [1.82, 2.24) is 9.97 Å². The Morgan fingerprint density at radius 3 is 2.78 bits per heavy atom. The predicted octanol–water partition coefficient (Wildman–Crippen LogP) is 4.03. The van der Waals surface area contributed by atoms with Gasteiger partial charge in [0, 0.05) is 22.5 Å². The molecule has 0 radical (unpaired) electrons. The zero-order valence-corrected chi connectivity index (χ0v) is 12.2. The average molecular weight is 328 g/mol. The highest BCUT2D eigenvalue weighted by Crippen LogP contribution is 2.19. The van der Waals surface area contributed by atoms with Gasteiger partial charge >= 0.3 is 0 Å². The Kier molecular flexibility index (Phi) is 4.55. The second-order valence-electron chi connectivity index (χ2n) is 3.68. The molecule has 0 spiro atoms. The molecule has 0 bridgehead atoms. The molecule has 0 atom stereocenters. The third-order valence-electron chi connectivity index (χ3n) is 2.37. The Bertz CT molecular complexity index is 548. The van der Waals surface area contributed by atoms with Gasteiger partial charge in [0.1, 0.15) is 17.6 Å². The first-order valence-electron chi connectivity index (χ1n) is 5.58. The summed E-state index contributed by atoms with van der Waals surface area (Å²) >= 11 is 9.38. The number of benzene rings is 1. The Labute approximate surface area is 119 Å². The minimum Gasteiger partial charge on any atom is -0.473 e. The quantitative estimate of drug-likeness (QED) is 0.795. The summed E-state index contributed by atoms with van der Waals surface area (Å²) in [4.78, 5) is 8.35. The van der Waals surface area contributed by atoms with E-state index in [9.17, 15) is 0 Å². The highest BCUT2D eigenvalue weighted by molar-refractivity contribution is 9.10. The van der Waals surface area contributed by atoms with Crippen LogP contribution in [0.2, 0.25) is 5.15 Å². The van der Waals surface area contributed by atoms with Gasteiger partial charge in [-0.25, -0.2) is 4.98 Å². The van der Waals surface area contributed by atoms with Crippen molar-refractivity contribution in [3.63, 3.8) is 0 Å². The van der Waals surface area contributed by atoms with Crippen molar-refractivity contribution in [2.45, 2.75) is 20.0 Å². The summed E-state index contributed by atoms with van der Waals surface area (Å²) in [7, 11) is 0. The van der Waals surface area contributed by atoms with E-state index < -0.39 is 0 Å². The van der Waals surface area contributed by atoms with Crippen LogP contribution in [0.15, 0.2) is 34.8 Å². The van der Waals surface area contributed by atoms with Crippen LogP contribution in [0.25, 0.3) is 0 Å². The SMILES string of the molecule is CCc1nc(Cl)cc(OCc2ccccc2Br)n1. The molecule has 1 aromatic carbocycles. The van der Waals surface area contributed by atoms with E-state index in [1.165, 1.54) is 0 Å². The molecule has 18 heavy (non-hydrogen) atoms. The van der Waals surface area contributed by atoms with Gasteiger partial charge in [0.25, 0.3) is 0 Å². The molecule has 0 amide bonds. The molecule has 5 heteroatoms. The van der Waals surface area contributed by atoms with Crippen LogP contribution in [0.5, 0.6) is 5.88 Å². The number of ether oxygens (including phenoxy) is 1. The van der Waals surface area contributed by atoms with E-state index >= 15 is 0 Å². The Hall–Kier alpha value is -1.13. The van der Waals surface area contributed by atoms with Crippen molar-refractivity contribution in [3.05, 3.63) is 51.3 Å². The van der Waals surface area contributed by atoms with Crippen molar-refractivity contribution < 1.29 is 4.74 Å². The Morgan fingerprint density at radius 1 is 1.28 bits per heavy atom. The second kappa shape index (κ2) is 6.16. The molecule has 1 heterocycles. The first-order chi connectivity index (χ1) is 8.69. The van der Waals surface area contributed by atoms with Crippen molar-refractivity contribution >= 4 is 27.5 Å². The fourth-order valence-corrected chi connectivity index (χ4v) is 2.03. The van der Waals surface area contributed by atoms with E-state index in [0.717, 1.165) is 16.5 Å². The van der Waals surface area contributed by atoms with Crippen LogP contribution in [-0.4, -0.2) is 9.97 Å². The number of aryl methyl sites for hydroxylation is 1. The van der Waals surface area contributed by atoms with E-state index in [2.05, 4.69) is 25.9 Å².